The van der Waals surface area contributed by atoms with Crippen molar-refractivity contribution in [3.63, 3.8) is 0 Å². The second-order valence-electron chi connectivity index (χ2n) is 3.44. The minimum atomic E-state index is 0.329. The van der Waals surface area contributed by atoms with Crippen molar-refractivity contribution in [2.75, 3.05) is 17.2 Å². The van der Waals surface area contributed by atoms with E-state index in [4.69, 9.17) is 12.2 Å². The maximum absolute atomic E-state index is 4.83. The van der Waals surface area contributed by atoms with Gasteiger partial charge in [0, 0.05) is 18.0 Å². The normalized spacial score (nSPS) is 11.9. The van der Waals surface area contributed by atoms with E-state index in [1.54, 1.807) is 0 Å². The highest BCUT2D eigenvalue weighted by atomic mass is 32.1. The third-order valence-electron chi connectivity index (χ3n) is 2.08. The Kier molecular flexibility index (Phi) is 5.04. The van der Waals surface area contributed by atoms with Gasteiger partial charge in [0.15, 0.2) is 5.82 Å². The molecule has 0 bridgehead atoms. The molecule has 0 amide bonds. The fourth-order valence-electron chi connectivity index (χ4n) is 1.07. The molecule has 2 N–H and O–H groups in total. The summed E-state index contributed by atoms with van der Waals surface area (Å²) in [6.45, 7) is 6.93. The molecule has 1 heterocycles. The summed E-state index contributed by atoms with van der Waals surface area (Å²) in [6.07, 6.45) is 1.01. The highest BCUT2D eigenvalue weighted by Gasteiger charge is 2.06. The van der Waals surface area contributed by atoms with E-state index in [1.165, 1.54) is 5.37 Å². The number of nitrogens with one attached hydrogen (secondary N) is 2. The summed E-state index contributed by atoms with van der Waals surface area (Å²) in [5, 5.41) is 7.69. The molecule has 6 heteroatoms. The van der Waals surface area contributed by atoms with Crippen molar-refractivity contribution in [1.29, 1.82) is 0 Å². The Morgan fingerprint density at radius 2 is 1.94 bits per heavy atom. The Labute approximate surface area is 101 Å². The third-order valence-corrected chi connectivity index (χ3v) is 2.29. The lowest BCUT2D eigenvalue weighted by atomic mass is 10.3. The van der Waals surface area contributed by atoms with Crippen LogP contribution in [0.5, 0.6) is 0 Å². The van der Waals surface area contributed by atoms with Crippen molar-refractivity contribution in [2.45, 2.75) is 33.2 Å². The van der Waals surface area contributed by atoms with E-state index in [9.17, 15) is 0 Å². The van der Waals surface area contributed by atoms with E-state index in [-0.39, 0.29) is 0 Å². The molecule has 16 heavy (non-hydrogen) atoms. The zero-order chi connectivity index (χ0) is 12.0. The predicted molar refractivity (Wildman–Crippen MR) is 70.1 cm³/mol. The fourth-order valence-corrected chi connectivity index (χ4v) is 1.17. The Bertz CT molecular complexity index is 355. The molecule has 0 aliphatic rings. The molecule has 0 aromatic carbocycles. The monoisotopic (exact) mass is 239 g/mol. The van der Waals surface area contributed by atoms with E-state index >= 15 is 0 Å². The molecular formula is C10H17N5S. The molecule has 88 valence electrons. The van der Waals surface area contributed by atoms with Crippen LogP contribution in [0.25, 0.3) is 0 Å². The van der Waals surface area contributed by atoms with Gasteiger partial charge < -0.3 is 10.6 Å². The standard InChI is InChI=1S/C10H17N5S/c1-4-7(3)12-10-14-8(6-16)13-9(15-10)11-5-2/h6-7H,4-5H2,1-3H3,(H2,11,12,13,14,15). The summed E-state index contributed by atoms with van der Waals surface area (Å²) < 4.78 is 0. The van der Waals surface area contributed by atoms with Crippen molar-refractivity contribution in [3.8, 4) is 0 Å². The van der Waals surface area contributed by atoms with Gasteiger partial charge in [0.1, 0.15) is 0 Å². The summed E-state index contributed by atoms with van der Waals surface area (Å²) in [5.41, 5.74) is 0. The average molecular weight is 239 g/mol. The molecule has 0 saturated heterocycles. The molecule has 1 unspecified atom stereocenters. The lowest BCUT2D eigenvalue weighted by Crippen LogP contribution is -2.18. The number of thiocarbonyl (C=S) groups is 1. The largest absolute Gasteiger partial charge is 0.354 e. The Balaban J connectivity index is 2.89. The first kappa shape index (κ1) is 12.8. The number of anilines is 2. The second-order valence-corrected chi connectivity index (χ2v) is 3.68. The molecule has 1 rings (SSSR count). The summed E-state index contributed by atoms with van der Waals surface area (Å²) in [5.74, 6) is 1.63. The minimum Gasteiger partial charge on any atom is -0.354 e. The van der Waals surface area contributed by atoms with Crippen LogP contribution in [-0.2, 0) is 0 Å². The van der Waals surface area contributed by atoms with Crippen LogP contribution >= 0.6 is 12.2 Å². The number of rotatable bonds is 6. The molecule has 1 atom stereocenters. The quantitative estimate of drug-likeness (QED) is 0.739. The lowest BCUT2D eigenvalue weighted by Gasteiger charge is -2.12. The molecule has 5 nitrogen and oxygen atoms in total. The van der Waals surface area contributed by atoms with Crippen LogP contribution in [0, 0.1) is 0 Å². The Hall–Kier alpha value is -1.30. The zero-order valence-corrected chi connectivity index (χ0v) is 10.6. The number of aromatic nitrogens is 3. The van der Waals surface area contributed by atoms with Crippen LogP contribution in [0.1, 0.15) is 33.0 Å². The summed E-state index contributed by atoms with van der Waals surface area (Å²) in [4.78, 5) is 12.6. The van der Waals surface area contributed by atoms with Gasteiger partial charge in [-0.3, -0.25) is 0 Å². The fraction of sp³-hybridized carbons (Fsp3) is 0.600. The van der Waals surface area contributed by atoms with Crippen molar-refractivity contribution >= 4 is 29.5 Å². The Morgan fingerprint density at radius 1 is 1.25 bits per heavy atom. The van der Waals surface area contributed by atoms with Crippen molar-refractivity contribution in [3.05, 3.63) is 5.82 Å². The molecule has 0 aliphatic carbocycles. The summed E-state index contributed by atoms with van der Waals surface area (Å²) >= 11 is 4.83. The van der Waals surface area contributed by atoms with Crippen LogP contribution in [-0.4, -0.2) is 32.9 Å². The molecule has 1 aromatic rings. The number of nitrogens with zero attached hydrogens (tertiary/aromatic N) is 3. The van der Waals surface area contributed by atoms with Gasteiger partial charge in [0.25, 0.3) is 0 Å². The predicted octanol–water partition coefficient (Wildman–Crippen LogP) is 1.86. The first-order valence-corrected chi connectivity index (χ1v) is 5.88. The van der Waals surface area contributed by atoms with Crippen molar-refractivity contribution in [2.24, 2.45) is 0 Å². The molecular weight excluding hydrogens is 222 g/mol. The molecule has 0 spiro atoms. The molecule has 0 saturated carbocycles. The van der Waals surface area contributed by atoms with Gasteiger partial charge in [-0.25, -0.2) is 0 Å². The molecule has 0 radical (unpaired) electrons. The van der Waals surface area contributed by atoms with Gasteiger partial charge >= 0.3 is 0 Å². The van der Waals surface area contributed by atoms with Crippen molar-refractivity contribution < 1.29 is 0 Å². The Morgan fingerprint density at radius 3 is 2.50 bits per heavy atom. The van der Waals surface area contributed by atoms with E-state index in [0.717, 1.165) is 13.0 Å². The smallest absolute Gasteiger partial charge is 0.228 e. The van der Waals surface area contributed by atoms with E-state index in [2.05, 4.69) is 39.4 Å². The number of hydrogen-bond acceptors (Lipinski definition) is 6. The van der Waals surface area contributed by atoms with E-state index < -0.39 is 0 Å². The zero-order valence-electron chi connectivity index (χ0n) is 9.82. The summed E-state index contributed by atoms with van der Waals surface area (Å²) in [7, 11) is 0. The van der Waals surface area contributed by atoms with Gasteiger partial charge in [0.2, 0.25) is 11.9 Å². The van der Waals surface area contributed by atoms with Crippen molar-refractivity contribution in [1.82, 2.24) is 15.0 Å². The first-order valence-electron chi connectivity index (χ1n) is 5.41. The SMILES string of the molecule is CCNc1nc(C=S)nc(NC(C)CC)n1. The van der Waals surface area contributed by atoms with Crippen LogP contribution in [0.2, 0.25) is 0 Å². The van der Waals surface area contributed by atoms with Crippen LogP contribution in [0.15, 0.2) is 0 Å². The van der Waals surface area contributed by atoms with Crippen LogP contribution < -0.4 is 10.6 Å². The maximum atomic E-state index is 4.83. The summed E-state index contributed by atoms with van der Waals surface area (Å²) in [6, 6.07) is 0.329. The lowest BCUT2D eigenvalue weighted by molar-refractivity contribution is 0.750. The van der Waals surface area contributed by atoms with Gasteiger partial charge in [-0.15, -0.1) is 0 Å². The molecule has 1 aromatic heterocycles. The van der Waals surface area contributed by atoms with Gasteiger partial charge in [0.05, 0.1) is 0 Å². The number of hydrogen-bond donors (Lipinski definition) is 2. The topological polar surface area (TPSA) is 62.7 Å². The van der Waals surface area contributed by atoms with E-state index in [0.29, 0.717) is 23.8 Å². The molecule has 0 fully saturated rings. The third kappa shape index (κ3) is 3.69. The average Bonchev–Trinajstić information content (AvgIpc) is 2.29. The highest BCUT2D eigenvalue weighted by Crippen LogP contribution is 2.07. The first-order chi connectivity index (χ1) is 7.69. The molecule has 0 aliphatic heterocycles. The van der Waals surface area contributed by atoms with Gasteiger partial charge in [-0.05, 0) is 20.3 Å². The van der Waals surface area contributed by atoms with E-state index in [1.807, 2.05) is 6.92 Å². The maximum Gasteiger partial charge on any atom is 0.228 e. The minimum absolute atomic E-state index is 0.329. The second kappa shape index (κ2) is 6.32. The highest BCUT2D eigenvalue weighted by molar-refractivity contribution is 7.79. The van der Waals surface area contributed by atoms with Gasteiger partial charge in [-0.2, -0.15) is 15.0 Å². The van der Waals surface area contributed by atoms with Crippen LogP contribution in [0.3, 0.4) is 0 Å². The van der Waals surface area contributed by atoms with Crippen LogP contribution in [0.4, 0.5) is 11.9 Å². The van der Waals surface area contributed by atoms with Gasteiger partial charge in [-0.1, -0.05) is 19.1 Å².